The van der Waals surface area contributed by atoms with Crippen LogP contribution in [-0.2, 0) is 0 Å². The van der Waals surface area contributed by atoms with Crippen molar-refractivity contribution in [2.45, 2.75) is 39.5 Å². The normalized spacial score (nSPS) is 24.3. The first-order valence-corrected chi connectivity index (χ1v) is 5.88. The fourth-order valence-electron chi connectivity index (χ4n) is 2.47. The van der Waals surface area contributed by atoms with E-state index in [0.29, 0.717) is 17.8 Å². The van der Waals surface area contributed by atoms with Crippen LogP contribution in [0.15, 0.2) is 30.4 Å². The largest absolute Gasteiger partial charge is 0.0807 e. The maximum atomic E-state index is 2.39. The van der Waals surface area contributed by atoms with Gasteiger partial charge in [-0.25, -0.2) is 0 Å². The molecule has 1 aliphatic carbocycles. The first-order chi connectivity index (χ1) is 7.09. The molecule has 2 atom stereocenters. The molecule has 0 spiro atoms. The molecule has 0 heteroatoms. The Kier molecular flexibility index (Phi) is 2.68. The maximum absolute atomic E-state index is 2.39. The van der Waals surface area contributed by atoms with E-state index in [1.165, 1.54) is 11.1 Å². The Hall–Kier alpha value is -1.04. The van der Waals surface area contributed by atoms with E-state index in [1.807, 2.05) is 0 Å². The van der Waals surface area contributed by atoms with Gasteiger partial charge in [0.05, 0.1) is 0 Å². The van der Waals surface area contributed by atoms with Gasteiger partial charge in [0.1, 0.15) is 0 Å². The highest BCUT2D eigenvalue weighted by atomic mass is 14.3. The Balaban J connectivity index is 2.51. The molecule has 0 radical (unpaired) electrons. The van der Waals surface area contributed by atoms with Crippen molar-refractivity contribution < 1.29 is 0 Å². The second-order valence-corrected chi connectivity index (χ2v) is 5.08. The van der Waals surface area contributed by atoms with Crippen LogP contribution in [0.2, 0.25) is 0 Å². The van der Waals surface area contributed by atoms with E-state index in [-0.39, 0.29) is 0 Å². The third kappa shape index (κ3) is 1.86. The van der Waals surface area contributed by atoms with Crippen LogP contribution in [-0.4, -0.2) is 0 Å². The van der Waals surface area contributed by atoms with Crippen molar-refractivity contribution in [3.05, 3.63) is 47.0 Å². The second kappa shape index (κ2) is 3.84. The summed E-state index contributed by atoms with van der Waals surface area (Å²) in [5.74, 6) is 1.88. The first-order valence-electron chi connectivity index (χ1n) is 5.88. The first kappa shape index (κ1) is 10.5. The van der Waals surface area contributed by atoms with Gasteiger partial charge in [-0.15, -0.1) is 0 Å². The van der Waals surface area contributed by atoms with Gasteiger partial charge in [-0.2, -0.15) is 0 Å². The summed E-state index contributed by atoms with van der Waals surface area (Å²) in [6.45, 7) is 9.07. The molecule has 1 aromatic rings. The van der Waals surface area contributed by atoms with Gasteiger partial charge in [-0.1, -0.05) is 56.7 Å². The highest BCUT2D eigenvalue weighted by molar-refractivity contribution is 5.43. The van der Waals surface area contributed by atoms with Crippen molar-refractivity contribution in [3.8, 4) is 0 Å². The lowest BCUT2D eigenvalue weighted by Gasteiger charge is -2.27. The number of rotatable bonds is 1. The predicted octanol–water partition coefficient (Wildman–Crippen LogP) is 4.41. The lowest BCUT2D eigenvalue weighted by Crippen LogP contribution is -2.12. The molecule has 0 saturated carbocycles. The van der Waals surface area contributed by atoms with Crippen molar-refractivity contribution in [1.82, 2.24) is 0 Å². The molecule has 0 saturated heterocycles. The highest BCUT2D eigenvalue weighted by Gasteiger charge is 2.22. The smallest absolute Gasteiger partial charge is 0.00442 e. The molecule has 0 amide bonds. The zero-order valence-electron chi connectivity index (χ0n) is 10.1. The summed E-state index contributed by atoms with van der Waals surface area (Å²) in [5.41, 5.74) is 4.43. The fraction of sp³-hybridized carbons (Fsp3) is 0.467. The number of benzene rings is 1. The predicted molar refractivity (Wildman–Crippen MR) is 66.3 cm³/mol. The highest BCUT2D eigenvalue weighted by Crippen LogP contribution is 2.37. The Morgan fingerprint density at radius 3 is 2.47 bits per heavy atom. The minimum Gasteiger partial charge on any atom is -0.0807 e. The summed E-state index contributed by atoms with van der Waals surface area (Å²) in [6.07, 6.45) is 4.74. The zero-order valence-corrected chi connectivity index (χ0v) is 10.1. The van der Waals surface area contributed by atoms with E-state index in [2.05, 4.69) is 58.0 Å². The van der Waals surface area contributed by atoms with E-state index >= 15 is 0 Å². The van der Waals surface area contributed by atoms with Gasteiger partial charge in [0, 0.05) is 5.92 Å². The summed E-state index contributed by atoms with van der Waals surface area (Å²) in [6, 6.07) is 6.89. The van der Waals surface area contributed by atoms with Crippen LogP contribution in [0.4, 0.5) is 0 Å². The molecule has 15 heavy (non-hydrogen) atoms. The maximum Gasteiger partial charge on any atom is 0.00442 e. The van der Waals surface area contributed by atoms with Gasteiger partial charge in [-0.05, 0) is 29.9 Å². The second-order valence-electron chi connectivity index (χ2n) is 5.08. The van der Waals surface area contributed by atoms with E-state index in [9.17, 15) is 0 Å². The zero-order chi connectivity index (χ0) is 11.0. The summed E-state index contributed by atoms with van der Waals surface area (Å²) in [5, 5.41) is 0. The molecule has 1 aromatic carbocycles. The van der Waals surface area contributed by atoms with Crippen LogP contribution in [0.25, 0.3) is 0 Å². The Morgan fingerprint density at radius 1 is 1.07 bits per heavy atom. The van der Waals surface area contributed by atoms with Crippen LogP contribution in [0, 0.1) is 12.8 Å². The molecule has 0 fully saturated rings. The monoisotopic (exact) mass is 200 g/mol. The van der Waals surface area contributed by atoms with Crippen LogP contribution in [0.1, 0.15) is 49.3 Å². The molecule has 1 aliphatic rings. The average Bonchev–Trinajstić information content (AvgIpc) is 2.17. The van der Waals surface area contributed by atoms with Gasteiger partial charge in [0.25, 0.3) is 0 Å². The van der Waals surface area contributed by atoms with Crippen LogP contribution < -0.4 is 0 Å². The molecule has 2 rings (SSSR count). The van der Waals surface area contributed by atoms with Gasteiger partial charge in [-0.3, -0.25) is 0 Å². The molecular formula is C15H20. The third-order valence-electron chi connectivity index (χ3n) is 3.42. The minimum atomic E-state index is 0.579. The Bertz CT molecular complexity index is 385. The average molecular weight is 200 g/mol. The molecule has 0 bridgehead atoms. The number of hydrogen-bond acceptors (Lipinski definition) is 0. The molecule has 0 aliphatic heterocycles. The molecule has 0 heterocycles. The fourth-order valence-corrected chi connectivity index (χ4v) is 2.47. The van der Waals surface area contributed by atoms with E-state index in [1.54, 1.807) is 5.56 Å². The van der Waals surface area contributed by atoms with E-state index in [4.69, 9.17) is 0 Å². The van der Waals surface area contributed by atoms with Crippen LogP contribution >= 0.6 is 0 Å². The summed E-state index contributed by atoms with van der Waals surface area (Å²) >= 11 is 0. The van der Waals surface area contributed by atoms with Crippen molar-refractivity contribution in [3.63, 3.8) is 0 Å². The Morgan fingerprint density at radius 2 is 1.80 bits per heavy atom. The topological polar surface area (TPSA) is 0 Å². The van der Waals surface area contributed by atoms with Crippen molar-refractivity contribution in [2.75, 3.05) is 0 Å². The van der Waals surface area contributed by atoms with Crippen LogP contribution in [0.5, 0.6) is 0 Å². The van der Waals surface area contributed by atoms with Gasteiger partial charge < -0.3 is 0 Å². The van der Waals surface area contributed by atoms with Crippen molar-refractivity contribution >= 4 is 0 Å². The van der Waals surface area contributed by atoms with Gasteiger partial charge in [0.15, 0.2) is 0 Å². The quantitative estimate of drug-likeness (QED) is 0.589. The number of allylic oxidation sites excluding steroid dienone is 2. The van der Waals surface area contributed by atoms with Crippen molar-refractivity contribution in [2.24, 2.45) is 5.92 Å². The van der Waals surface area contributed by atoms with Gasteiger partial charge >= 0.3 is 0 Å². The number of fused-ring (bicyclic) bond motifs is 1. The molecule has 0 nitrogen and oxygen atoms in total. The van der Waals surface area contributed by atoms with Gasteiger partial charge in [0.2, 0.25) is 0 Å². The Labute approximate surface area is 93.0 Å². The van der Waals surface area contributed by atoms with E-state index in [0.717, 1.165) is 0 Å². The molecule has 0 N–H and O–H groups in total. The lowest BCUT2D eigenvalue weighted by molar-refractivity contribution is 0.562. The molecule has 80 valence electrons. The minimum absolute atomic E-state index is 0.579. The van der Waals surface area contributed by atoms with Crippen LogP contribution in [0.3, 0.4) is 0 Å². The number of hydrogen-bond donors (Lipinski definition) is 0. The third-order valence-corrected chi connectivity index (χ3v) is 3.42. The summed E-state index contributed by atoms with van der Waals surface area (Å²) in [4.78, 5) is 0. The molecule has 0 unspecified atom stereocenters. The number of aryl methyl sites for hydroxylation is 1. The SMILES string of the molecule is Cc1ccc2c(c1)[C@@H](C(C)C)C=C[C@H]2C. The van der Waals surface area contributed by atoms with Crippen molar-refractivity contribution in [1.29, 1.82) is 0 Å². The van der Waals surface area contributed by atoms with E-state index < -0.39 is 0 Å². The molecule has 0 aromatic heterocycles. The summed E-state index contributed by atoms with van der Waals surface area (Å²) in [7, 11) is 0. The molecular weight excluding hydrogens is 180 g/mol. The standard InChI is InChI=1S/C15H20/c1-10(2)13-8-6-12(4)14-7-5-11(3)9-15(13)14/h5-10,12-13H,1-4H3/t12-,13-/m1/s1. The summed E-state index contributed by atoms with van der Waals surface area (Å²) < 4.78 is 0. The lowest BCUT2D eigenvalue weighted by atomic mass is 9.77.